The van der Waals surface area contributed by atoms with E-state index in [-0.39, 0.29) is 68.9 Å². The molecule has 0 fully saturated rings. The molecule has 0 saturated heterocycles. The van der Waals surface area contributed by atoms with E-state index in [1.54, 1.807) is 0 Å². The van der Waals surface area contributed by atoms with Crippen LogP contribution in [-0.4, -0.2) is 94.8 Å². The van der Waals surface area contributed by atoms with Crippen molar-refractivity contribution < 1.29 is 13.2 Å². The van der Waals surface area contributed by atoms with Crippen molar-refractivity contribution in [2.45, 2.75) is 0 Å². The predicted molar refractivity (Wildman–Crippen MR) is 17.3 cm³/mol. The van der Waals surface area contributed by atoms with Crippen LogP contribution >= 0.6 is 0 Å². The molecular formula is H2CsO4Te. The van der Waals surface area contributed by atoms with Crippen molar-refractivity contribution in [1.29, 1.82) is 0 Å². The zero-order valence-corrected chi connectivity index (χ0v) is 11.7. The van der Waals surface area contributed by atoms with E-state index in [4.69, 9.17) is 13.2 Å². The monoisotopic (exact) mass is 329 g/mol. The normalized spacial score (nSPS) is 9.67. The molecule has 0 saturated carbocycles. The minimum Gasteiger partial charge on any atom is 0 e. The molecule has 0 heterocycles. The van der Waals surface area contributed by atoms with Gasteiger partial charge in [-0.1, -0.05) is 0 Å². The summed E-state index contributed by atoms with van der Waals surface area (Å²) in [5, 5.41) is 0. The number of hydrogen-bond acceptors (Lipinski definition) is 2. The van der Waals surface area contributed by atoms with Crippen LogP contribution < -0.4 is 0 Å². The fourth-order valence-electron chi connectivity index (χ4n) is 0. The van der Waals surface area contributed by atoms with Crippen LogP contribution in [0.15, 0.2) is 0 Å². The van der Waals surface area contributed by atoms with Gasteiger partial charge >= 0.3 is 32.1 Å². The van der Waals surface area contributed by atoms with Gasteiger partial charge in [-0.25, -0.2) is 0 Å². The molecule has 0 aromatic heterocycles. The maximum atomic E-state index is 8.85. The molecule has 0 spiro atoms. The van der Waals surface area contributed by atoms with Crippen molar-refractivity contribution in [2.75, 3.05) is 0 Å². The topological polar surface area (TPSA) is 74.6 Å². The van der Waals surface area contributed by atoms with Crippen molar-refractivity contribution in [3.63, 3.8) is 0 Å². The molecule has 0 aromatic carbocycles. The molecule has 0 unspecified atom stereocenters. The summed E-state index contributed by atoms with van der Waals surface area (Å²) in [7, 11) is 0. The second-order valence-corrected chi connectivity index (χ2v) is 3.00. The Morgan fingerprint density at radius 2 is 1.17 bits per heavy atom. The van der Waals surface area contributed by atoms with Crippen molar-refractivity contribution in [1.82, 2.24) is 0 Å². The van der Waals surface area contributed by atoms with E-state index in [1.807, 2.05) is 0 Å². The van der Waals surface area contributed by atoms with Gasteiger partial charge in [0, 0.05) is 68.9 Å². The molecule has 0 atom stereocenters. The summed E-state index contributed by atoms with van der Waals surface area (Å²) in [4.78, 5) is 0. The van der Waals surface area contributed by atoms with Crippen LogP contribution in [0, 0.1) is 0 Å². The van der Waals surface area contributed by atoms with Gasteiger partial charge < -0.3 is 0 Å². The number of hydrogen-bond donors (Lipinski definition) is 2. The maximum Gasteiger partial charge on any atom is 0 e. The molecule has 1 radical (unpaired) electrons. The molecule has 0 aliphatic rings. The molecular weight excluding hydrogens is 325 g/mol. The van der Waals surface area contributed by atoms with Crippen molar-refractivity contribution in [3.05, 3.63) is 0 Å². The first-order valence-corrected chi connectivity index (χ1v) is 4.69. The van der Waals surface area contributed by atoms with Crippen LogP contribution in [0.2, 0.25) is 0 Å². The summed E-state index contributed by atoms with van der Waals surface area (Å²) in [6, 6.07) is 0. The largest absolute Gasteiger partial charge is 0 e. The van der Waals surface area contributed by atoms with Crippen molar-refractivity contribution in [2.24, 2.45) is 0 Å². The summed E-state index contributed by atoms with van der Waals surface area (Å²) < 4.78 is 32.0. The van der Waals surface area contributed by atoms with Crippen LogP contribution in [0.3, 0.4) is 0 Å². The van der Waals surface area contributed by atoms with E-state index >= 15 is 0 Å². The van der Waals surface area contributed by atoms with Gasteiger partial charge in [0.1, 0.15) is 0 Å². The van der Waals surface area contributed by atoms with Gasteiger partial charge in [0.2, 0.25) is 0 Å². The molecule has 0 aliphatic heterocycles. The maximum absolute atomic E-state index is 8.85. The smallest absolute Gasteiger partial charge is 0 e. The molecule has 0 aromatic rings. The second kappa shape index (κ2) is 4.26. The SMILES string of the molecule is O=[Te](=O)(O)O.[Cs]. The van der Waals surface area contributed by atoms with Gasteiger partial charge in [-0.3, -0.25) is 0 Å². The molecule has 0 bridgehead atoms. The van der Waals surface area contributed by atoms with E-state index in [9.17, 15) is 0 Å². The Balaban J connectivity index is 0. The zero-order chi connectivity index (χ0) is 4.50. The molecule has 6 heavy (non-hydrogen) atoms. The van der Waals surface area contributed by atoms with Crippen LogP contribution in [0.4, 0.5) is 0 Å². The fraction of sp³-hybridized carbons (Fsp3) is 0. The first-order valence-electron chi connectivity index (χ1n) is 0.698. The minimum absolute atomic E-state index is 0. The molecule has 0 rings (SSSR count). The van der Waals surface area contributed by atoms with E-state index in [0.717, 1.165) is 0 Å². The summed E-state index contributed by atoms with van der Waals surface area (Å²) in [6.07, 6.45) is 0. The van der Waals surface area contributed by atoms with Gasteiger partial charge in [0.05, 0.1) is 0 Å². The minimum atomic E-state index is -5.52. The molecule has 4 nitrogen and oxygen atoms in total. The Morgan fingerprint density at radius 1 is 1.17 bits per heavy atom. The summed E-state index contributed by atoms with van der Waals surface area (Å²) in [5.41, 5.74) is 0. The molecule has 0 amide bonds. The van der Waals surface area contributed by atoms with Gasteiger partial charge in [0.25, 0.3) is 0 Å². The molecule has 2 N–H and O–H groups in total. The van der Waals surface area contributed by atoms with Gasteiger partial charge in [0.15, 0.2) is 0 Å². The van der Waals surface area contributed by atoms with Crippen LogP contribution in [0.25, 0.3) is 0 Å². The average molecular weight is 327 g/mol. The average Bonchev–Trinajstić information content (AvgIpc) is 0.722. The van der Waals surface area contributed by atoms with Crippen molar-refractivity contribution in [3.8, 4) is 0 Å². The Hall–Kier alpha value is 2.36. The third-order valence-corrected chi connectivity index (χ3v) is 0. The Morgan fingerprint density at radius 3 is 1.17 bits per heavy atom. The summed E-state index contributed by atoms with van der Waals surface area (Å²) in [5.74, 6) is 0. The van der Waals surface area contributed by atoms with Crippen LogP contribution in [0.5, 0.6) is 0 Å². The van der Waals surface area contributed by atoms with Gasteiger partial charge in [-0.15, -0.1) is 0 Å². The van der Waals surface area contributed by atoms with Crippen LogP contribution in [0.1, 0.15) is 0 Å². The third-order valence-electron chi connectivity index (χ3n) is 0. The quantitative estimate of drug-likeness (QED) is 0.500. The standard InChI is InChI=1S/Cs.H2O4Te/c;1-5(2,3)4/h;(H2,1,2,3,4). The number of rotatable bonds is 0. The van der Waals surface area contributed by atoms with Crippen LogP contribution in [-0.2, 0) is 6.21 Å². The molecule has 6 heteroatoms. The first-order chi connectivity index (χ1) is 2.00. The zero-order valence-electron chi connectivity index (χ0n) is 3.12. The van der Waals surface area contributed by atoms with Gasteiger partial charge in [-0.05, 0) is 0 Å². The molecule has 33 valence electrons. The van der Waals surface area contributed by atoms with E-state index < -0.39 is 19.0 Å². The Bertz CT molecular complexity index is 90.7. The Kier molecular flexibility index (Phi) is 7.95. The van der Waals surface area contributed by atoms with Gasteiger partial charge in [-0.2, -0.15) is 0 Å². The van der Waals surface area contributed by atoms with E-state index in [0.29, 0.717) is 0 Å². The van der Waals surface area contributed by atoms with E-state index in [1.165, 1.54) is 0 Å². The summed E-state index contributed by atoms with van der Waals surface area (Å²) in [6.45, 7) is 0. The van der Waals surface area contributed by atoms with Crippen molar-refractivity contribution >= 4 is 87.9 Å². The first kappa shape index (κ1) is 11.2. The Labute approximate surface area is 98.0 Å². The van der Waals surface area contributed by atoms with E-state index in [2.05, 4.69) is 0 Å². The third kappa shape index (κ3) is 32.8. The fourth-order valence-corrected chi connectivity index (χ4v) is 0. The predicted octanol–water partition coefficient (Wildman–Crippen LogP) is -2.11. The molecule has 0 aliphatic carbocycles. The second-order valence-electron chi connectivity index (χ2n) is 0.448. The summed E-state index contributed by atoms with van der Waals surface area (Å²) >= 11 is -5.52.